The van der Waals surface area contributed by atoms with E-state index >= 15 is 0 Å². The summed E-state index contributed by atoms with van der Waals surface area (Å²) in [4.78, 5) is 16.1. The third kappa shape index (κ3) is 4.14. The van der Waals surface area contributed by atoms with E-state index in [4.69, 9.17) is 4.98 Å². The molecule has 5 heteroatoms. The zero-order valence-corrected chi connectivity index (χ0v) is 17.0. The van der Waals surface area contributed by atoms with Gasteiger partial charge in [0.1, 0.15) is 12.1 Å². The minimum Gasteiger partial charge on any atom is -0.356 e. The Bertz CT molecular complexity index is 930. The summed E-state index contributed by atoms with van der Waals surface area (Å²) in [5, 5.41) is 4.87. The Hall–Kier alpha value is -2.53. The summed E-state index contributed by atoms with van der Waals surface area (Å²) in [5.74, 6) is 1.73. The van der Waals surface area contributed by atoms with Crippen LogP contribution in [0.4, 0.5) is 5.82 Å². The Kier molecular flexibility index (Phi) is 5.53. The molecule has 0 saturated carbocycles. The van der Waals surface area contributed by atoms with Crippen LogP contribution in [0.1, 0.15) is 32.3 Å². The second-order valence-electron chi connectivity index (χ2n) is 8.21. The van der Waals surface area contributed by atoms with E-state index in [2.05, 4.69) is 65.2 Å². The Balaban J connectivity index is 1.65. The molecule has 4 rings (SSSR count). The number of benzene rings is 1. The predicted molar refractivity (Wildman–Crippen MR) is 116 cm³/mol. The van der Waals surface area contributed by atoms with Gasteiger partial charge in [0.25, 0.3) is 0 Å². The highest BCUT2D eigenvalue weighted by molar-refractivity contribution is 5.89. The topological polar surface area (TPSA) is 53.9 Å². The van der Waals surface area contributed by atoms with E-state index in [1.165, 1.54) is 5.56 Å². The summed E-state index contributed by atoms with van der Waals surface area (Å²) in [5.41, 5.74) is 4.31. The third-order valence-electron chi connectivity index (χ3n) is 5.42. The Morgan fingerprint density at radius 3 is 2.68 bits per heavy atom. The first-order valence-electron chi connectivity index (χ1n) is 10.3. The smallest absolute Gasteiger partial charge is 0.138 e. The maximum atomic E-state index is 5.06. The lowest BCUT2D eigenvalue weighted by Gasteiger charge is -2.34. The van der Waals surface area contributed by atoms with Crippen molar-refractivity contribution in [1.29, 1.82) is 0 Å². The van der Waals surface area contributed by atoms with Gasteiger partial charge in [0.05, 0.1) is 11.2 Å². The second-order valence-corrected chi connectivity index (χ2v) is 8.21. The molecule has 0 radical (unpaired) electrons. The van der Waals surface area contributed by atoms with Crippen molar-refractivity contribution in [1.82, 2.24) is 20.3 Å². The first-order chi connectivity index (χ1) is 13.6. The number of nitrogens with zero attached hydrogens (tertiary/aromatic N) is 4. The number of hydrogen-bond donors (Lipinski definition) is 1. The summed E-state index contributed by atoms with van der Waals surface area (Å²) < 4.78 is 0. The molecule has 3 aromatic rings. The molecule has 0 atom stereocenters. The fourth-order valence-electron chi connectivity index (χ4n) is 3.86. The minimum absolute atomic E-state index is 0.601. The number of aromatic nitrogens is 3. The van der Waals surface area contributed by atoms with Crippen LogP contribution in [0.5, 0.6) is 0 Å². The Labute approximate surface area is 167 Å². The molecule has 2 aromatic heterocycles. The molecule has 1 aromatic carbocycles. The molecule has 28 heavy (non-hydrogen) atoms. The van der Waals surface area contributed by atoms with Crippen molar-refractivity contribution in [2.75, 3.05) is 24.5 Å². The number of anilines is 1. The van der Waals surface area contributed by atoms with E-state index in [-0.39, 0.29) is 0 Å². The number of pyridine rings is 1. The average molecular weight is 376 g/mol. The lowest BCUT2D eigenvalue weighted by Crippen LogP contribution is -2.44. The molecule has 1 saturated heterocycles. The zero-order valence-electron chi connectivity index (χ0n) is 17.0. The average Bonchev–Trinajstić information content (AvgIpc) is 2.72. The van der Waals surface area contributed by atoms with Crippen LogP contribution in [0.2, 0.25) is 0 Å². The van der Waals surface area contributed by atoms with E-state index in [1.807, 2.05) is 6.07 Å². The maximum Gasteiger partial charge on any atom is 0.138 e. The van der Waals surface area contributed by atoms with Gasteiger partial charge in [-0.1, -0.05) is 25.5 Å². The van der Waals surface area contributed by atoms with E-state index in [0.29, 0.717) is 12.0 Å². The first-order valence-corrected chi connectivity index (χ1v) is 10.3. The first kappa shape index (κ1) is 18.8. The maximum absolute atomic E-state index is 5.06. The fraction of sp³-hybridized carbons (Fsp3) is 0.435. The molecule has 5 nitrogen and oxygen atoms in total. The van der Waals surface area contributed by atoms with Crippen molar-refractivity contribution in [3.8, 4) is 11.3 Å². The van der Waals surface area contributed by atoms with E-state index in [9.17, 15) is 0 Å². The van der Waals surface area contributed by atoms with Gasteiger partial charge in [0.2, 0.25) is 0 Å². The van der Waals surface area contributed by atoms with Gasteiger partial charge in [-0.2, -0.15) is 0 Å². The molecule has 0 unspecified atom stereocenters. The lowest BCUT2D eigenvalue weighted by molar-refractivity contribution is 0.392. The van der Waals surface area contributed by atoms with Gasteiger partial charge in [-0.25, -0.2) is 15.0 Å². The van der Waals surface area contributed by atoms with Gasteiger partial charge in [0.15, 0.2) is 0 Å². The number of piperidine rings is 1. The highest BCUT2D eigenvalue weighted by Gasteiger charge is 2.23. The third-order valence-corrected chi connectivity index (χ3v) is 5.42. The molecule has 1 fully saturated rings. The van der Waals surface area contributed by atoms with Gasteiger partial charge >= 0.3 is 0 Å². The number of hydrogen-bond acceptors (Lipinski definition) is 5. The number of nitrogens with one attached hydrogen (secondary N) is 1. The standard InChI is InChI=1S/C23H29N5/c1-16(2)14-25-19-7-10-28(11-8-19)23-20(22-6-9-24-15-26-22)13-18-12-17(3)4-5-21(18)27-23/h4-6,9,12-13,15-16,19,25H,7-8,10-11,14H2,1-3H3. The molecular formula is C23H29N5. The van der Waals surface area contributed by atoms with Gasteiger partial charge < -0.3 is 10.2 Å². The number of fused-ring (bicyclic) bond motifs is 1. The molecule has 0 aliphatic carbocycles. The molecule has 1 aliphatic heterocycles. The predicted octanol–water partition coefficient (Wildman–Crippen LogP) is 4.21. The van der Waals surface area contributed by atoms with Crippen molar-refractivity contribution in [2.45, 2.75) is 39.7 Å². The quantitative estimate of drug-likeness (QED) is 0.724. The largest absolute Gasteiger partial charge is 0.356 e. The lowest BCUT2D eigenvalue weighted by atomic mass is 10.0. The molecule has 3 heterocycles. The van der Waals surface area contributed by atoms with Gasteiger partial charge in [-0.05, 0) is 56.5 Å². The van der Waals surface area contributed by atoms with E-state index in [1.54, 1.807) is 12.5 Å². The molecule has 0 amide bonds. The van der Waals surface area contributed by atoms with Crippen molar-refractivity contribution in [3.05, 3.63) is 48.4 Å². The minimum atomic E-state index is 0.601. The van der Waals surface area contributed by atoms with E-state index in [0.717, 1.165) is 60.5 Å². The van der Waals surface area contributed by atoms with Crippen LogP contribution < -0.4 is 10.2 Å². The van der Waals surface area contributed by atoms with Crippen LogP contribution in [0, 0.1) is 12.8 Å². The van der Waals surface area contributed by atoms with Crippen molar-refractivity contribution in [2.24, 2.45) is 5.92 Å². The van der Waals surface area contributed by atoms with Gasteiger partial charge in [-0.3, -0.25) is 0 Å². The Morgan fingerprint density at radius 2 is 1.96 bits per heavy atom. The van der Waals surface area contributed by atoms with Crippen LogP contribution in [0.15, 0.2) is 42.9 Å². The second kappa shape index (κ2) is 8.23. The highest BCUT2D eigenvalue weighted by atomic mass is 15.2. The summed E-state index contributed by atoms with van der Waals surface area (Å²) in [6.07, 6.45) is 5.70. The molecule has 146 valence electrons. The van der Waals surface area contributed by atoms with Gasteiger partial charge in [0, 0.05) is 36.3 Å². The fourth-order valence-corrected chi connectivity index (χ4v) is 3.86. The highest BCUT2D eigenvalue weighted by Crippen LogP contribution is 2.33. The van der Waals surface area contributed by atoms with E-state index < -0.39 is 0 Å². The summed E-state index contributed by atoms with van der Waals surface area (Å²) >= 11 is 0. The number of aryl methyl sites for hydroxylation is 1. The van der Waals surface area contributed by atoms with Crippen LogP contribution in [0.3, 0.4) is 0 Å². The monoisotopic (exact) mass is 375 g/mol. The SMILES string of the molecule is Cc1ccc2nc(N3CCC(NCC(C)C)CC3)c(-c3ccncn3)cc2c1. The van der Waals surface area contributed by atoms with Crippen LogP contribution in [-0.4, -0.2) is 40.6 Å². The summed E-state index contributed by atoms with van der Waals surface area (Å²) in [7, 11) is 0. The summed E-state index contributed by atoms with van der Waals surface area (Å²) in [6, 6.07) is 11.2. The molecule has 0 spiro atoms. The molecule has 0 bridgehead atoms. The Morgan fingerprint density at radius 1 is 1.14 bits per heavy atom. The zero-order chi connectivity index (χ0) is 19.5. The van der Waals surface area contributed by atoms with Gasteiger partial charge in [-0.15, -0.1) is 0 Å². The molecule has 1 N–H and O–H groups in total. The molecule has 1 aliphatic rings. The molecular weight excluding hydrogens is 346 g/mol. The van der Waals surface area contributed by atoms with Crippen LogP contribution in [0.25, 0.3) is 22.2 Å². The van der Waals surface area contributed by atoms with Crippen molar-refractivity contribution >= 4 is 16.7 Å². The van der Waals surface area contributed by atoms with Crippen molar-refractivity contribution < 1.29 is 0 Å². The van der Waals surface area contributed by atoms with Crippen LogP contribution in [-0.2, 0) is 0 Å². The number of rotatable bonds is 5. The van der Waals surface area contributed by atoms with Crippen LogP contribution >= 0.6 is 0 Å². The van der Waals surface area contributed by atoms with Crippen molar-refractivity contribution in [3.63, 3.8) is 0 Å². The summed E-state index contributed by atoms with van der Waals surface area (Å²) in [6.45, 7) is 9.75. The normalized spacial score (nSPS) is 15.5.